The van der Waals surface area contributed by atoms with E-state index in [4.69, 9.17) is 5.11 Å². The number of aliphatic hydroxyl groups is 1. The topological polar surface area (TPSA) is 38.7 Å². The van der Waals surface area contributed by atoms with E-state index in [1.165, 1.54) is 0 Å². The van der Waals surface area contributed by atoms with E-state index in [1.54, 1.807) is 0 Å². The Labute approximate surface area is 55.5 Å². The molecule has 0 aromatic rings. The normalized spacial score (nSPS) is 10.0. The van der Waals surface area contributed by atoms with Crippen LogP contribution in [0, 0.1) is 0 Å². The van der Waals surface area contributed by atoms with E-state index in [-0.39, 0.29) is 13.2 Å². The molecule has 0 aromatic carbocycles. The summed E-state index contributed by atoms with van der Waals surface area (Å²) in [6, 6.07) is 0. The molecule has 0 fully saturated rings. The minimum absolute atomic E-state index is 0.0200. The second-order valence-electron chi connectivity index (χ2n) is 1.72. The second-order valence-corrected chi connectivity index (χ2v) is 1.72. The van der Waals surface area contributed by atoms with Crippen molar-refractivity contribution in [3.63, 3.8) is 0 Å². The maximum atomic E-state index is 8.22. The van der Waals surface area contributed by atoms with Crippen molar-refractivity contribution in [1.82, 2.24) is 0 Å². The highest BCUT2D eigenvalue weighted by atomic mass is 17.2. The van der Waals surface area contributed by atoms with Crippen LogP contribution >= 0.6 is 0 Å². The molecule has 0 unspecified atom stereocenters. The molecule has 0 aliphatic heterocycles. The highest BCUT2D eigenvalue weighted by Crippen LogP contribution is 1.87. The van der Waals surface area contributed by atoms with E-state index < -0.39 is 0 Å². The summed E-state index contributed by atoms with van der Waals surface area (Å²) in [4.78, 5) is 9.19. The van der Waals surface area contributed by atoms with Crippen molar-refractivity contribution in [3.8, 4) is 0 Å². The summed E-state index contributed by atoms with van der Waals surface area (Å²) in [7, 11) is 0. The van der Waals surface area contributed by atoms with Crippen molar-refractivity contribution in [3.05, 3.63) is 0 Å². The third-order valence-electron chi connectivity index (χ3n) is 0.839. The molecular weight excluding hydrogens is 120 g/mol. The van der Waals surface area contributed by atoms with Gasteiger partial charge in [-0.2, -0.15) is 0 Å². The van der Waals surface area contributed by atoms with E-state index in [0.29, 0.717) is 6.61 Å². The average molecular weight is 134 g/mol. The van der Waals surface area contributed by atoms with Gasteiger partial charge in [0.25, 0.3) is 0 Å². The van der Waals surface area contributed by atoms with Gasteiger partial charge in [-0.05, 0) is 6.42 Å². The Morgan fingerprint density at radius 3 is 2.44 bits per heavy atom. The van der Waals surface area contributed by atoms with E-state index in [2.05, 4.69) is 16.7 Å². The van der Waals surface area contributed by atoms with Gasteiger partial charge in [0, 0.05) is 0 Å². The Morgan fingerprint density at radius 2 is 1.89 bits per heavy atom. The van der Waals surface area contributed by atoms with E-state index >= 15 is 0 Å². The van der Waals surface area contributed by atoms with Gasteiger partial charge in [0.05, 0.1) is 13.2 Å². The van der Waals surface area contributed by atoms with E-state index in [1.807, 2.05) is 0 Å². The quantitative estimate of drug-likeness (QED) is 0.330. The fourth-order valence-electron chi connectivity index (χ4n) is 0.358. The van der Waals surface area contributed by atoms with Crippen molar-refractivity contribution in [1.29, 1.82) is 0 Å². The third-order valence-corrected chi connectivity index (χ3v) is 0.839. The maximum absolute atomic E-state index is 8.22. The number of hydrogen-bond acceptors (Lipinski definition) is 3. The smallest absolute Gasteiger partial charge is 0.105 e. The number of rotatable bonds is 6. The first-order valence-electron chi connectivity index (χ1n) is 3.27. The maximum Gasteiger partial charge on any atom is 0.105 e. The van der Waals surface area contributed by atoms with Gasteiger partial charge < -0.3 is 5.11 Å². The fourth-order valence-corrected chi connectivity index (χ4v) is 0.358. The monoisotopic (exact) mass is 134 g/mol. The van der Waals surface area contributed by atoms with Gasteiger partial charge in [-0.1, -0.05) is 13.3 Å². The van der Waals surface area contributed by atoms with Crippen molar-refractivity contribution >= 4 is 0 Å². The standard InChI is InChI=1S/C6H14O3/c1-2-3-5-8-9-6-4-7/h7H,2-6H2,1H3. The second kappa shape index (κ2) is 7.88. The first kappa shape index (κ1) is 8.88. The van der Waals surface area contributed by atoms with Crippen molar-refractivity contribution in [2.45, 2.75) is 19.8 Å². The van der Waals surface area contributed by atoms with Crippen LogP contribution in [-0.2, 0) is 9.78 Å². The zero-order valence-corrected chi connectivity index (χ0v) is 5.80. The van der Waals surface area contributed by atoms with Crippen LogP contribution in [0.5, 0.6) is 0 Å². The lowest BCUT2D eigenvalue weighted by Crippen LogP contribution is -2.01. The SMILES string of the molecule is CCCCOOCCO. The van der Waals surface area contributed by atoms with Crippen LogP contribution in [0.3, 0.4) is 0 Å². The van der Waals surface area contributed by atoms with E-state index in [9.17, 15) is 0 Å². The van der Waals surface area contributed by atoms with Crippen LogP contribution in [0.15, 0.2) is 0 Å². The summed E-state index contributed by atoms with van der Waals surface area (Å²) >= 11 is 0. The minimum atomic E-state index is 0.0200. The predicted octanol–water partition coefficient (Wildman–Crippen LogP) is 0.727. The molecule has 1 N–H and O–H groups in total. The van der Waals surface area contributed by atoms with Crippen LogP contribution in [0.1, 0.15) is 19.8 Å². The Hall–Kier alpha value is -0.120. The third kappa shape index (κ3) is 7.88. The summed E-state index contributed by atoms with van der Waals surface area (Å²) in [6.45, 7) is 2.99. The van der Waals surface area contributed by atoms with Crippen LogP contribution in [0.2, 0.25) is 0 Å². The molecule has 56 valence electrons. The van der Waals surface area contributed by atoms with Gasteiger partial charge in [0.2, 0.25) is 0 Å². The Kier molecular flexibility index (Phi) is 7.77. The van der Waals surface area contributed by atoms with Crippen molar-refractivity contribution in [2.75, 3.05) is 19.8 Å². The molecule has 0 atom stereocenters. The molecule has 0 aliphatic rings. The first-order valence-corrected chi connectivity index (χ1v) is 3.27. The molecule has 0 saturated heterocycles. The molecule has 3 heteroatoms. The summed E-state index contributed by atoms with van der Waals surface area (Å²) in [5.74, 6) is 0. The minimum Gasteiger partial charge on any atom is -0.394 e. The van der Waals surface area contributed by atoms with Crippen molar-refractivity contribution < 1.29 is 14.9 Å². The van der Waals surface area contributed by atoms with Crippen LogP contribution in [0.4, 0.5) is 0 Å². The fraction of sp³-hybridized carbons (Fsp3) is 1.00. The van der Waals surface area contributed by atoms with Gasteiger partial charge in [-0.3, -0.25) is 0 Å². The Balaban J connectivity index is 2.60. The van der Waals surface area contributed by atoms with Gasteiger partial charge in [0.1, 0.15) is 6.61 Å². The summed E-state index contributed by atoms with van der Waals surface area (Å²) in [6.07, 6.45) is 2.11. The molecule has 0 spiro atoms. The molecule has 0 bridgehead atoms. The zero-order valence-electron chi connectivity index (χ0n) is 5.80. The summed E-state index contributed by atoms with van der Waals surface area (Å²) in [5, 5.41) is 8.22. The van der Waals surface area contributed by atoms with Gasteiger partial charge in [-0.15, -0.1) is 0 Å². The highest BCUT2D eigenvalue weighted by molar-refractivity contribution is 4.26. The van der Waals surface area contributed by atoms with Gasteiger partial charge in [-0.25, -0.2) is 9.78 Å². The Bertz CT molecular complexity index is 41.6. The van der Waals surface area contributed by atoms with Gasteiger partial charge in [0.15, 0.2) is 0 Å². The average Bonchev–Trinajstić information content (AvgIpc) is 1.89. The van der Waals surface area contributed by atoms with E-state index in [0.717, 1.165) is 12.8 Å². The van der Waals surface area contributed by atoms with Crippen LogP contribution in [0.25, 0.3) is 0 Å². The molecule has 0 aliphatic carbocycles. The summed E-state index contributed by atoms with van der Waals surface area (Å²) < 4.78 is 0. The number of hydrogen-bond donors (Lipinski definition) is 1. The molecule has 0 aromatic heterocycles. The lowest BCUT2D eigenvalue weighted by Gasteiger charge is -1.99. The largest absolute Gasteiger partial charge is 0.394 e. The molecule has 0 rings (SSSR count). The van der Waals surface area contributed by atoms with Crippen LogP contribution in [-0.4, -0.2) is 24.9 Å². The predicted molar refractivity (Wildman–Crippen MR) is 33.9 cm³/mol. The molecule has 0 amide bonds. The number of aliphatic hydroxyl groups excluding tert-OH is 1. The van der Waals surface area contributed by atoms with Gasteiger partial charge >= 0.3 is 0 Å². The molecule has 3 nitrogen and oxygen atoms in total. The summed E-state index contributed by atoms with van der Waals surface area (Å²) in [5.41, 5.74) is 0. The number of unbranched alkanes of at least 4 members (excludes halogenated alkanes) is 1. The molecular formula is C6H14O3. The molecule has 0 saturated carbocycles. The van der Waals surface area contributed by atoms with Crippen LogP contribution < -0.4 is 0 Å². The Morgan fingerprint density at radius 1 is 1.22 bits per heavy atom. The molecule has 9 heavy (non-hydrogen) atoms. The molecule has 0 radical (unpaired) electrons. The lowest BCUT2D eigenvalue weighted by atomic mass is 10.4. The first-order chi connectivity index (χ1) is 4.41. The lowest BCUT2D eigenvalue weighted by molar-refractivity contribution is -0.297. The highest BCUT2D eigenvalue weighted by Gasteiger charge is 1.85. The van der Waals surface area contributed by atoms with Crippen molar-refractivity contribution in [2.24, 2.45) is 0 Å². The molecule has 0 heterocycles. The zero-order chi connectivity index (χ0) is 6.95.